The molecule has 0 fully saturated rings. The van der Waals surface area contributed by atoms with Gasteiger partial charge in [-0.3, -0.25) is 0 Å². The topological polar surface area (TPSA) is 70.8 Å². The molecular weight excluding hydrogens is 228 g/mol. The summed E-state index contributed by atoms with van der Waals surface area (Å²) < 4.78 is 5.18. The van der Waals surface area contributed by atoms with Crippen molar-refractivity contribution in [1.29, 1.82) is 5.26 Å². The van der Waals surface area contributed by atoms with Crippen molar-refractivity contribution in [3.05, 3.63) is 30.0 Å². The molecule has 1 unspecified atom stereocenters. The molecule has 1 aromatic heterocycles. The number of aromatic nitrogens is 2. The van der Waals surface area contributed by atoms with Crippen LogP contribution < -0.4 is 5.32 Å². The summed E-state index contributed by atoms with van der Waals surface area (Å²) in [5.74, 6) is 0. The zero-order valence-corrected chi connectivity index (χ0v) is 10.3. The number of rotatable bonds is 4. The van der Waals surface area contributed by atoms with Crippen LogP contribution in [0.5, 0.6) is 0 Å². The second-order valence-electron chi connectivity index (χ2n) is 3.98. The predicted molar refractivity (Wildman–Crippen MR) is 69.2 cm³/mol. The van der Waals surface area contributed by atoms with Gasteiger partial charge in [0.1, 0.15) is 6.07 Å². The molecule has 2 aromatic rings. The lowest BCUT2D eigenvalue weighted by Crippen LogP contribution is -2.19. The molecule has 0 spiro atoms. The minimum Gasteiger partial charge on any atom is -0.380 e. The van der Waals surface area contributed by atoms with Crippen LogP contribution in [0.15, 0.2) is 24.3 Å². The first kappa shape index (κ1) is 12.3. The lowest BCUT2D eigenvalue weighted by Gasteiger charge is -2.13. The first-order valence-electron chi connectivity index (χ1n) is 5.68. The predicted octanol–water partition coefficient (Wildman–Crippen LogP) is 1.95. The van der Waals surface area contributed by atoms with Gasteiger partial charge in [0.25, 0.3) is 0 Å². The van der Waals surface area contributed by atoms with Gasteiger partial charge in [-0.1, -0.05) is 18.2 Å². The van der Waals surface area contributed by atoms with Gasteiger partial charge in [-0.2, -0.15) is 5.26 Å². The van der Waals surface area contributed by atoms with E-state index >= 15 is 0 Å². The highest BCUT2D eigenvalue weighted by Gasteiger charge is 2.10. The molecule has 0 amide bonds. The molecule has 1 heterocycles. The van der Waals surface area contributed by atoms with Crippen LogP contribution in [-0.2, 0) is 4.74 Å². The molecule has 0 radical (unpaired) electrons. The summed E-state index contributed by atoms with van der Waals surface area (Å²) in [5.41, 5.74) is 1.79. The lowest BCUT2D eigenvalue weighted by molar-refractivity contribution is 0.129. The maximum absolute atomic E-state index is 9.08. The summed E-state index contributed by atoms with van der Waals surface area (Å²) >= 11 is 0. The molecule has 0 bridgehead atoms. The molecule has 1 aromatic carbocycles. The average molecular weight is 242 g/mol. The number of benzene rings is 1. The van der Waals surface area contributed by atoms with E-state index in [2.05, 4.69) is 21.6 Å². The van der Waals surface area contributed by atoms with E-state index < -0.39 is 0 Å². The first-order valence-corrected chi connectivity index (χ1v) is 5.68. The number of nitriles is 1. The van der Waals surface area contributed by atoms with E-state index in [4.69, 9.17) is 10.00 Å². The summed E-state index contributed by atoms with van der Waals surface area (Å²) in [4.78, 5) is 0. The largest absolute Gasteiger partial charge is 0.380 e. The van der Waals surface area contributed by atoms with E-state index in [-0.39, 0.29) is 6.10 Å². The van der Waals surface area contributed by atoms with Crippen LogP contribution in [0, 0.1) is 11.3 Å². The molecule has 92 valence electrons. The quantitative estimate of drug-likeness (QED) is 0.887. The summed E-state index contributed by atoms with van der Waals surface area (Å²) in [6, 6.07) is 9.65. The lowest BCUT2D eigenvalue weighted by atomic mass is 10.1. The average Bonchev–Trinajstić information content (AvgIpc) is 2.44. The van der Waals surface area contributed by atoms with Gasteiger partial charge in [0.15, 0.2) is 5.69 Å². The van der Waals surface area contributed by atoms with Crippen LogP contribution in [0.4, 0.5) is 5.69 Å². The van der Waals surface area contributed by atoms with Gasteiger partial charge >= 0.3 is 0 Å². The molecule has 0 aliphatic rings. The van der Waals surface area contributed by atoms with Crippen LogP contribution >= 0.6 is 0 Å². The Kier molecular flexibility index (Phi) is 3.70. The van der Waals surface area contributed by atoms with Crippen molar-refractivity contribution in [1.82, 2.24) is 10.2 Å². The first-order chi connectivity index (χ1) is 8.76. The van der Waals surface area contributed by atoms with Crippen LogP contribution in [-0.4, -0.2) is 30.0 Å². The minimum absolute atomic E-state index is 0.0588. The fraction of sp³-hybridized carbons (Fsp3) is 0.308. The Morgan fingerprint density at radius 2 is 2.17 bits per heavy atom. The van der Waals surface area contributed by atoms with E-state index in [9.17, 15) is 0 Å². The van der Waals surface area contributed by atoms with E-state index in [1.54, 1.807) is 7.11 Å². The van der Waals surface area contributed by atoms with Gasteiger partial charge in [-0.05, 0) is 13.0 Å². The van der Waals surface area contributed by atoms with E-state index in [0.717, 1.165) is 10.9 Å². The summed E-state index contributed by atoms with van der Waals surface area (Å²) in [6.07, 6.45) is 0.0588. The Labute approximate surface area is 105 Å². The molecule has 18 heavy (non-hydrogen) atoms. The second-order valence-corrected chi connectivity index (χ2v) is 3.98. The Bertz CT molecular complexity index is 591. The Morgan fingerprint density at radius 1 is 1.39 bits per heavy atom. The molecule has 1 N–H and O–H groups in total. The normalized spacial score (nSPS) is 12.1. The monoisotopic (exact) mass is 242 g/mol. The number of nitrogens with zero attached hydrogens (tertiary/aromatic N) is 3. The SMILES string of the molecule is COC(C)CNc1c(C#N)nnc2ccccc12. The molecule has 5 heteroatoms. The molecule has 5 nitrogen and oxygen atoms in total. The number of ether oxygens (including phenoxy) is 1. The molecule has 2 rings (SSSR count). The third-order valence-electron chi connectivity index (χ3n) is 2.74. The molecule has 0 saturated carbocycles. The molecule has 0 aliphatic heterocycles. The number of hydrogen-bond donors (Lipinski definition) is 1. The number of hydrogen-bond acceptors (Lipinski definition) is 5. The second kappa shape index (κ2) is 5.43. The molecule has 1 atom stereocenters. The zero-order valence-electron chi connectivity index (χ0n) is 10.3. The fourth-order valence-electron chi connectivity index (χ4n) is 1.64. The van der Waals surface area contributed by atoms with Gasteiger partial charge in [0.2, 0.25) is 0 Å². The van der Waals surface area contributed by atoms with Gasteiger partial charge in [-0.15, -0.1) is 10.2 Å². The van der Waals surface area contributed by atoms with Crippen molar-refractivity contribution in [2.75, 3.05) is 19.0 Å². The fourth-order valence-corrected chi connectivity index (χ4v) is 1.64. The highest BCUT2D eigenvalue weighted by molar-refractivity contribution is 5.92. The third-order valence-corrected chi connectivity index (χ3v) is 2.74. The van der Waals surface area contributed by atoms with Crippen molar-refractivity contribution in [2.24, 2.45) is 0 Å². The summed E-state index contributed by atoms with van der Waals surface area (Å²) in [7, 11) is 1.65. The number of anilines is 1. The van der Waals surface area contributed by atoms with Crippen LogP contribution in [0.1, 0.15) is 12.6 Å². The van der Waals surface area contributed by atoms with Gasteiger partial charge < -0.3 is 10.1 Å². The van der Waals surface area contributed by atoms with E-state index in [1.807, 2.05) is 31.2 Å². The smallest absolute Gasteiger partial charge is 0.186 e. The van der Waals surface area contributed by atoms with Gasteiger partial charge in [-0.25, -0.2) is 0 Å². The Balaban J connectivity index is 2.42. The molecular formula is C13H14N4O. The highest BCUT2D eigenvalue weighted by Crippen LogP contribution is 2.23. The van der Waals surface area contributed by atoms with Crippen molar-refractivity contribution >= 4 is 16.6 Å². The van der Waals surface area contributed by atoms with E-state index in [1.165, 1.54) is 0 Å². The van der Waals surface area contributed by atoms with Crippen molar-refractivity contribution in [2.45, 2.75) is 13.0 Å². The molecule has 0 aliphatic carbocycles. The standard InChI is InChI=1S/C13H14N4O/c1-9(18-2)8-15-13-10-5-3-4-6-11(10)16-17-12(13)7-14/h3-6,9H,8H2,1-2H3,(H,15,16). The summed E-state index contributed by atoms with van der Waals surface area (Å²) in [5, 5.41) is 21.1. The van der Waals surface area contributed by atoms with Crippen LogP contribution in [0.25, 0.3) is 10.9 Å². The maximum atomic E-state index is 9.08. The number of fused-ring (bicyclic) bond motifs is 1. The Hall–Kier alpha value is -2.19. The highest BCUT2D eigenvalue weighted by atomic mass is 16.5. The molecule has 0 saturated heterocycles. The minimum atomic E-state index is 0.0588. The number of methoxy groups -OCH3 is 1. The van der Waals surface area contributed by atoms with Crippen molar-refractivity contribution < 1.29 is 4.74 Å². The van der Waals surface area contributed by atoms with E-state index in [0.29, 0.717) is 17.9 Å². The maximum Gasteiger partial charge on any atom is 0.186 e. The zero-order chi connectivity index (χ0) is 13.0. The van der Waals surface area contributed by atoms with Crippen molar-refractivity contribution in [3.63, 3.8) is 0 Å². The Morgan fingerprint density at radius 3 is 2.89 bits per heavy atom. The van der Waals surface area contributed by atoms with Crippen LogP contribution in [0.3, 0.4) is 0 Å². The third kappa shape index (κ3) is 2.39. The van der Waals surface area contributed by atoms with Gasteiger partial charge in [0, 0.05) is 19.0 Å². The van der Waals surface area contributed by atoms with Crippen molar-refractivity contribution in [3.8, 4) is 6.07 Å². The summed E-state index contributed by atoms with van der Waals surface area (Å²) in [6.45, 7) is 2.57. The van der Waals surface area contributed by atoms with Gasteiger partial charge in [0.05, 0.1) is 17.3 Å². The van der Waals surface area contributed by atoms with Crippen LogP contribution in [0.2, 0.25) is 0 Å². The number of nitrogens with one attached hydrogen (secondary N) is 1.